The van der Waals surface area contributed by atoms with Gasteiger partial charge in [-0.25, -0.2) is 0 Å². The molecule has 0 bridgehead atoms. The SMILES string of the molecule is COc1cccc(C(=O)N(C)C(C)CC(N)=NO)c1OC. The van der Waals surface area contributed by atoms with Crippen molar-refractivity contribution in [2.45, 2.75) is 19.4 Å². The van der Waals surface area contributed by atoms with Crippen LogP contribution in [0.4, 0.5) is 0 Å². The molecular formula is C14H21N3O4. The smallest absolute Gasteiger partial charge is 0.257 e. The van der Waals surface area contributed by atoms with Gasteiger partial charge in [-0.15, -0.1) is 0 Å². The third-order valence-electron chi connectivity index (χ3n) is 3.25. The molecule has 1 aromatic carbocycles. The van der Waals surface area contributed by atoms with Crippen LogP contribution < -0.4 is 15.2 Å². The van der Waals surface area contributed by atoms with Crippen molar-refractivity contribution in [3.63, 3.8) is 0 Å². The summed E-state index contributed by atoms with van der Waals surface area (Å²) in [7, 11) is 4.64. The van der Waals surface area contributed by atoms with Gasteiger partial charge < -0.3 is 25.3 Å². The van der Waals surface area contributed by atoms with Crippen molar-refractivity contribution in [1.82, 2.24) is 4.90 Å². The number of amides is 1. The fourth-order valence-electron chi connectivity index (χ4n) is 1.93. The molecule has 0 aromatic heterocycles. The molecule has 0 fully saturated rings. The molecule has 1 amide bonds. The largest absolute Gasteiger partial charge is 0.493 e. The van der Waals surface area contributed by atoms with E-state index in [1.165, 1.54) is 19.1 Å². The molecule has 0 saturated carbocycles. The summed E-state index contributed by atoms with van der Waals surface area (Å²) in [6, 6.07) is 4.87. The lowest BCUT2D eigenvalue weighted by atomic mass is 10.1. The minimum Gasteiger partial charge on any atom is -0.493 e. The Bertz CT molecular complexity index is 531. The average molecular weight is 295 g/mol. The monoisotopic (exact) mass is 295 g/mol. The van der Waals surface area contributed by atoms with Crippen molar-refractivity contribution in [3.8, 4) is 11.5 Å². The van der Waals surface area contributed by atoms with Crippen LogP contribution in [0, 0.1) is 0 Å². The van der Waals surface area contributed by atoms with E-state index in [0.29, 0.717) is 17.1 Å². The molecule has 7 nitrogen and oxygen atoms in total. The molecule has 1 unspecified atom stereocenters. The van der Waals surface area contributed by atoms with E-state index in [1.807, 2.05) is 6.92 Å². The van der Waals surface area contributed by atoms with E-state index in [4.69, 9.17) is 20.4 Å². The molecule has 0 radical (unpaired) electrons. The second-order valence-corrected chi connectivity index (χ2v) is 4.60. The number of nitrogens with zero attached hydrogens (tertiary/aromatic N) is 2. The minimum absolute atomic E-state index is 0.0692. The molecule has 0 aliphatic rings. The first-order valence-electron chi connectivity index (χ1n) is 6.40. The van der Waals surface area contributed by atoms with Gasteiger partial charge in [0.2, 0.25) is 0 Å². The summed E-state index contributed by atoms with van der Waals surface area (Å²) < 4.78 is 10.4. The Labute approximate surface area is 123 Å². The predicted octanol–water partition coefficient (Wildman–Crippen LogP) is 1.30. The lowest BCUT2D eigenvalue weighted by molar-refractivity contribution is 0.0743. The summed E-state index contributed by atoms with van der Waals surface area (Å²) in [5, 5.41) is 11.5. The second-order valence-electron chi connectivity index (χ2n) is 4.60. The Morgan fingerprint density at radius 1 is 1.43 bits per heavy atom. The highest BCUT2D eigenvalue weighted by atomic mass is 16.5. The lowest BCUT2D eigenvalue weighted by Gasteiger charge is -2.25. The Hall–Kier alpha value is -2.44. The molecule has 1 rings (SSSR count). The zero-order valence-electron chi connectivity index (χ0n) is 12.7. The van der Waals surface area contributed by atoms with E-state index in [9.17, 15) is 4.79 Å². The fourth-order valence-corrected chi connectivity index (χ4v) is 1.93. The first-order valence-corrected chi connectivity index (χ1v) is 6.40. The molecule has 0 spiro atoms. The van der Waals surface area contributed by atoms with E-state index in [2.05, 4.69) is 5.16 Å². The predicted molar refractivity (Wildman–Crippen MR) is 79.1 cm³/mol. The van der Waals surface area contributed by atoms with Crippen LogP contribution in [0.5, 0.6) is 11.5 Å². The van der Waals surface area contributed by atoms with Gasteiger partial charge in [-0.05, 0) is 19.1 Å². The normalized spacial score (nSPS) is 12.7. The number of oxime groups is 1. The van der Waals surface area contributed by atoms with E-state index < -0.39 is 0 Å². The van der Waals surface area contributed by atoms with Gasteiger partial charge in [0.05, 0.1) is 19.8 Å². The van der Waals surface area contributed by atoms with Gasteiger partial charge in [-0.1, -0.05) is 11.2 Å². The maximum atomic E-state index is 12.6. The molecule has 21 heavy (non-hydrogen) atoms. The number of hydrogen-bond acceptors (Lipinski definition) is 5. The van der Waals surface area contributed by atoms with Gasteiger partial charge in [-0.2, -0.15) is 0 Å². The summed E-state index contributed by atoms with van der Waals surface area (Å²) in [6.45, 7) is 1.81. The lowest BCUT2D eigenvalue weighted by Crippen LogP contribution is -2.38. The topological polar surface area (TPSA) is 97.4 Å². The third kappa shape index (κ3) is 3.77. The van der Waals surface area contributed by atoms with E-state index in [-0.39, 0.29) is 24.2 Å². The number of nitrogens with two attached hydrogens (primary N) is 1. The zero-order valence-corrected chi connectivity index (χ0v) is 12.7. The molecule has 0 saturated heterocycles. The Balaban J connectivity index is 3.03. The van der Waals surface area contributed by atoms with Crippen LogP contribution in [0.3, 0.4) is 0 Å². The van der Waals surface area contributed by atoms with E-state index in [0.717, 1.165) is 0 Å². The summed E-state index contributed by atoms with van der Waals surface area (Å²) in [4.78, 5) is 14.1. The Kier molecular flexibility index (Phi) is 5.83. The van der Waals surface area contributed by atoms with Crippen LogP contribution in [0.25, 0.3) is 0 Å². The molecule has 0 aliphatic carbocycles. The van der Waals surface area contributed by atoms with Crippen molar-refractivity contribution in [1.29, 1.82) is 0 Å². The Morgan fingerprint density at radius 3 is 2.62 bits per heavy atom. The maximum absolute atomic E-state index is 12.6. The Morgan fingerprint density at radius 2 is 2.10 bits per heavy atom. The summed E-state index contributed by atoms with van der Waals surface area (Å²) >= 11 is 0. The van der Waals surface area contributed by atoms with Gasteiger partial charge in [0.15, 0.2) is 11.5 Å². The molecule has 1 atom stereocenters. The van der Waals surface area contributed by atoms with Crippen molar-refractivity contribution in [3.05, 3.63) is 23.8 Å². The first-order chi connectivity index (χ1) is 9.96. The van der Waals surface area contributed by atoms with Gasteiger partial charge in [0.1, 0.15) is 5.84 Å². The number of ether oxygens (including phenoxy) is 2. The van der Waals surface area contributed by atoms with Crippen LogP contribution in [0.1, 0.15) is 23.7 Å². The number of rotatable bonds is 6. The van der Waals surface area contributed by atoms with Crippen LogP contribution in [0.15, 0.2) is 23.4 Å². The molecular weight excluding hydrogens is 274 g/mol. The summed E-state index contributed by atoms with van der Waals surface area (Å²) in [5.41, 5.74) is 5.86. The number of benzene rings is 1. The molecule has 7 heteroatoms. The summed E-state index contributed by atoms with van der Waals surface area (Å²) in [6.07, 6.45) is 0.269. The van der Waals surface area contributed by atoms with Crippen molar-refractivity contribution >= 4 is 11.7 Å². The van der Waals surface area contributed by atoms with Crippen molar-refractivity contribution in [2.75, 3.05) is 21.3 Å². The highest BCUT2D eigenvalue weighted by Gasteiger charge is 2.23. The highest BCUT2D eigenvalue weighted by molar-refractivity contribution is 5.98. The second kappa shape index (κ2) is 7.37. The highest BCUT2D eigenvalue weighted by Crippen LogP contribution is 2.31. The number of hydrogen-bond donors (Lipinski definition) is 2. The van der Waals surface area contributed by atoms with Gasteiger partial charge in [-0.3, -0.25) is 4.79 Å². The number of para-hydroxylation sites is 1. The summed E-state index contributed by atoms with van der Waals surface area (Å²) in [5.74, 6) is 0.706. The average Bonchev–Trinajstić information content (AvgIpc) is 2.51. The van der Waals surface area contributed by atoms with E-state index in [1.54, 1.807) is 25.2 Å². The molecule has 1 aromatic rings. The standard InChI is InChI=1S/C14H21N3O4/c1-9(8-12(15)16-19)17(2)14(18)10-6-5-7-11(20-3)13(10)21-4/h5-7,9,19H,8H2,1-4H3,(H2,15,16). The number of carbonyl (C=O) groups is 1. The fraction of sp³-hybridized carbons (Fsp3) is 0.429. The van der Waals surface area contributed by atoms with E-state index >= 15 is 0 Å². The number of methoxy groups -OCH3 is 2. The molecule has 0 aliphatic heterocycles. The number of amidine groups is 1. The quantitative estimate of drug-likeness (QED) is 0.357. The van der Waals surface area contributed by atoms with Gasteiger partial charge in [0.25, 0.3) is 5.91 Å². The maximum Gasteiger partial charge on any atom is 0.257 e. The van der Waals surface area contributed by atoms with Crippen LogP contribution >= 0.6 is 0 Å². The van der Waals surface area contributed by atoms with Gasteiger partial charge in [0, 0.05) is 19.5 Å². The van der Waals surface area contributed by atoms with Gasteiger partial charge >= 0.3 is 0 Å². The molecule has 3 N–H and O–H groups in total. The molecule has 0 heterocycles. The van der Waals surface area contributed by atoms with Crippen molar-refractivity contribution < 1.29 is 19.5 Å². The molecule has 116 valence electrons. The van der Waals surface area contributed by atoms with Crippen molar-refractivity contribution in [2.24, 2.45) is 10.9 Å². The third-order valence-corrected chi connectivity index (χ3v) is 3.25. The first kappa shape index (κ1) is 16.6. The van der Waals surface area contributed by atoms with Crippen LogP contribution in [-0.2, 0) is 0 Å². The minimum atomic E-state index is -0.232. The zero-order chi connectivity index (χ0) is 16.0. The van der Waals surface area contributed by atoms with Crippen LogP contribution in [-0.4, -0.2) is 49.2 Å². The van der Waals surface area contributed by atoms with Crippen LogP contribution in [0.2, 0.25) is 0 Å². The number of carbonyl (C=O) groups excluding carboxylic acids is 1.